The Morgan fingerprint density at radius 3 is 2.88 bits per heavy atom. The number of rotatable bonds is 8. The van der Waals surface area contributed by atoms with Gasteiger partial charge < -0.3 is 14.7 Å². The molecule has 0 radical (unpaired) electrons. The lowest BCUT2D eigenvalue weighted by molar-refractivity contribution is 0.0585. The Kier molecular flexibility index (Phi) is 7.45. The number of amides is 1. The summed E-state index contributed by atoms with van der Waals surface area (Å²) in [6.07, 6.45) is 6.86. The molecule has 0 spiro atoms. The summed E-state index contributed by atoms with van der Waals surface area (Å²) >= 11 is 0. The molecule has 0 unspecified atom stereocenters. The molecule has 0 bridgehead atoms. The number of aliphatic hydroxyl groups is 1. The number of ether oxygens (including phenoxy) is 1. The Hall–Kier alpha value is -1.39. The first kappa shape index (κ1) is 19.9. The van der Waals surface area contributed by atoms with Gasteiger partial charge >= 0.3 is 0 Å². The van der Waals surface area contributed by atoms with E-state index in [2.05, 4.69) is 4.90 Å². The van der Waals surface area contributed by atoms with Crippen LogP contribution in [0.4, 0.5) is 0 Å². The number of nitrogens with zero attached hydrogens (tertiary/aromatic N) is 1. The first-order chi connectivity index (χ1) is 11.9. The second-order valence-electron chi connectivity index (χ2n) is 7.80. The monoisotopic (exact) mass is 347 g/mol. The van der Waals surface area contributed by atoms with Gasteiger partial charge in [-0.2, -0.15) is 0 Å². The molecule has 140 valence electrons. The minimum Gasteiger partial charge on any atom is -0.390 e. The summed E-state index contributed by atoms with van der Waals surface area (Å²) in [5, 5.41) is 9.91. The van der Waals surface area contributed by atoms with E-state index in [1.54, 1.807) is 7.11 Å². The van der Waals surface area contributed by atoms with E-state index in [9.17, 15) is 9.90 Å². The van der Waals surface area contributed by atoms with Crippen molar-refractivity contribution in [3.8, 4) is 0 Å². The van der Waals surface area contributed by atoms with Gasteiger partial charge in [-0.05, 0) is 76.5 Å². The molecule has 1 aromatic carbocycles. The predicted molar refractivity (Wildman–Crippen MR) is 101 cm³/mol. The van der Waals surface area contributed by atoms with E-state index in [-0.39, 0.29) is 5.91 Å². The van der Waals surface area contributed by atoms with Crippen molar-refractivity contribution in [3.05, 3.63) is 35.4 Å². The van der Waals surface area contributed by atoms with Crippen molar-refractivity contribution in [2.75, 3.05) is 20.3 Å². The van der Waals surface area contributed by atoms with Crippen LogP contribution in [0, 0.1) is 0 Å². The Morgan fingerprint density at radius 2 is 2.16 bits per heavy atom. The molecule has 1 aliphatic rings. The quantitative estimate of drug-likeness (QED) is 0.728. The van der Waals surface area contributed by atoms with Crippen LogP contribution in [0.1, 0.15) is 68.3 Å². The zero-order chi connectivity index (χ0) is 18.3. The van der Waals surface area contributed by atoms with E-state index >= 15 is 0 Å². The van der Waals surface area contributed by atoms with Gasteiger partial charge in [-0.25, -0.2) is 0 Å². The molecule has 1 heterocycles. The van der Waals surface area contributed by atoms with E-state index < -0.39 is 5.60 Å². The highest BCUT2D eigenvalue weighted by Gasteiger charge is 2.27. The number of benzene rings is 1. The highest BCUT2D eigenvalue weighted by atomic mass is 16.5. The number of carbonyl (C=O) groups is 1. The fourth-order valence-electron chi connectivity index (χ4n) is 3.51. The molecule has 1 N–H and O–H groups in total. The lowest BCUT2D eigenvalue weighted by atomic mass is 9.95. The second-order valence-corrected chi connectivity index (χ2v) is 7.80. The fraction of sp³-hybridized carbons (Fsp3) is 0.667. The molecule has 1 aromatic rings. The number of methoxy groups -OCH3 is 1. The van der Waals surface area contributed by atoms with Crippen LogP contribution < -0.4 is 0 Å². The number of likely N-dealkylation sites (tertiary alicyclic amines) is 1. The maximum absolute atomic E-state index is 13.0. The number of piperidine rings is 1. The van der Waals surface area contributed by atoms with Crippen molar-refractivity contribution in [1.29, 1.82) is 0 Å². The zero-order valence-electron chi connectivity index (χ0n) is 16.0. The lowest BCUT2D eigenvalue weighted by Gasteiger charge is -2.36. The Balaban J connectivity index is 2.04. The highest BCUT2D eigenvalue weighted by molar-refractivity contribution is 5.94. The van der Waals surface area contributed by atoms with Crippen LogP contribution in [0.2, 0.25) is 0 Å². The highest BCUT2D eigenvalue weighted by Crippen LogP contribution is 2.24. The fourth-order valence-corrected chi connectivity index (χ4v) is 3.51. The van der Waals surface area contributed by atoms with Crippen LogP contribution in [-0.2, 0) is 11.2 Å². The molecule has 4 heteroatoms. The Bertz CT molecular complexity index is 550. The SMILES string of the molecule is COCCC[C@H]1CCCCN1C(=O)c1cccc(CCC(C)(C)O)c1. The van der Waals surface area contributed by atoms with Gasteiger partial charge in [-0.15, -0.1) is 0 Å². The molecule has 1 fully saturated rings. The van der Waals surface area contributed by atoms with Crippen LogP contribution in [-0.4, -0.2) is 47.8 Å². The van der Waals surface area contributed by atoms with Crippen molar-refractivity contribution in [1.82, 2.24) is 4.90 Å². The summed E-state index contributed by atoms with van der Waals surface area (Å²) in [4.78, 5) is 15.1. The topological polar surface area (TPSA) is 49.8 Å². The number of hydrogen-bond acceptors (Lipinski definition) is 3. The van der Waals surface area contributed by atoms with Crippen molar-refractivity contribution in [2.24, 2.45) is 0 Å². The van der Waals surface area contributed by atoms with Crippen LogP contribution in [0.5, 0.6) is 0 Å². The third kappa shape index (κ3) is 6.44. The molecule has 1 saturated heterocycles. The van der Waals surface area contributed by atoms with Gasteiger partial charge in [-0.1, -0.05) is 12.1 Å². The molecule has 0 aliphatic carbocycles. The Labute approximate surface area is 152 Å². The van der Waals surface area contributed by atoms with E-state index in [1.807, 2.05) is 38.1 Å². The standard InChI is InChI=1S/C21H33NO3/c1-21(2,24)13-12-17-8-6-9-18(16-17)20(23)22-14-5-4-10-19(22)11-7-15-25-3/h6,8-9,16,19,24H,4-5,7,10-15H2,1-3H3/t19-/m1/s1. The molecule has 2 rings (SSSR count). The lowest BCUT2D eigenvalue weighted by Crippen LogP contribution is -2.43. The van der Waals surface area contributed by atoms with Gasteiger partial charge in [0.05, 0.1) is 5.60 Å². The first-order valence-corrected chi connectivity index (χ1v) is 9.52. The molecule has 25 heavy (non-hydrogen) atoms. The number of aryl methyl sites for hydroxylation is 1. The van der Waals surface area contributed by atoms with E-state index in [0.717, 1.165) is 56.4 Å². The van der Waals surface area contributed by atoms with Crippen molar-refractivity contribution in [3.63, 3.8) is 0 Å². The molecule has 1 atom stereocenters. The summed E-state index contributed by atoms with van der Waals surface area (Å²) in [5.41, 5.74) is 1.20. The first-order valence-electron chi connectivity index (χ1n) is 9.52. The summed E-state index contributed by atoms with van der Waals surface area (Å²) in [7, 11) is 1.73. The largest absolute Gasteiger partial charge is 0.390 e. The third-order valence-electron chi connectivity index (χ3n) is 4.97. The smallest absolute Gasteiger partial charge is 0.254 e. The van der Waals surface area contributed by atoms with Crippen LogP contribution in [0.15, 0.2) is 24.3 Å². The van der Waals surface area contributed by atoms with Crippen LogP contribution in [0.25, 0.3) is 0 Å². The Morgan fingerprint density at radius 1 is 1.36 bits per heavy atom. The van der Waals surface area contributed by atoms with Gasteiger partial charge in [0.25, 0.3) is 5.91 Å². The molecular formula is C21H33NO3. The number of hydrogen-bond donors (Lipinski definition) is 1. The summed E-state index contributed by atoms with van der Waals surface area (Å²) in [5.74, 6) is 0.146. The van der Waals surface area contributed by atoms with Crippen molar-refractivity contribution < 1.29 is 14.6 Å². The van der Waals surface area contributed by atoms with Gasteiger partial charge in [0.15, 0.2) is 0 Å². The predicted octanol–water partition coefficient (Wildman–Crippen LogP) is 3.81. The van der Waals surface area contributed by atoms with Crippen LogP contribution in [0.3, 0.4) is 0 Å². The van der Waals surface area contributed by atoms with Gasteiger partial charge in [0.1, 0.15) is 0 Å². The maximum Gasteiger partial charge on any atom is 0.254 e. The molecule has 4 nitrogen and oxygen atoms in total. The van der Waals surface area contributed by atoms with Gasteiger partial charge in [0.2, 0.25) is 0 Å². The number of carbonyl (C=O) groups excluding carboxylic acids is 1. The van der Waals surface area contributed by atoms with Crippen LogP contribution >= 0.6 is 0 Å². The molecular weight excluding hydrogens is 314 g/mol. The second kappa shape index (κ2) is 9.35. The van der Waals surface area contributed by atoms with E-state index in [1.165, 1.54) is 6.42 Å². The minimum atomic E-state index is -0.681. The summed E-state index contributed by atoms with van der Waals surface area (Å²) in [6, 6.07) is 8.23. The van der Waals surface area contributed by atoms with Gasteiger partial charge in [0, 0.05) is 31.9 Å². The van der Waals surface area contributed by atoms with E-state index in [0.29, 0.717) is 12.5 Å². The molecule has 1 aliphatic heterocycles. The third-order valence-corrected chi connectivity index (χ3v) is 4.97. The van der Waals surface area contributed by atoms with E-state index in [4.69, 9.17) is 4.74 Å². The molecule has 0 saturated carbocycles. The molecule has 0 aromatic heterocycles. The average molecular weight is 347 g/mol. The average Bonchev–Trinajstić information content (AvgIpc) is 2.60. The maximum atomic E-state index is 13.0. The molecule has 1 amide bonds. The van der Waals surface area contributed by atoms with Gasteiger partial charge in [-0.3, -0.25) is 4.79 Å². The normalized spacial score (nSPS) is 18.4. The summed E-state index contributed by atoms with van der Waals surface area (Å²) < 4.78 is 5.16. The minimum absolute atomic E-state index is 0.146. The van der Waals surface area contributed by atoms with Crippen molar-refractivity contribution >= 4 is 5.91 Å². The van der Waals surface area contributed by atoms with Crippen molar-refractivity contribution in [2.45, 2.75) is 70.4 Å². The zero-order valence-corrected chi connectivity index (χ0v) is 16.0. The summed E-state index contributed by atoms with van der Waals surface area (Å²) in [6.45, 7) is 5.25.